The summed E-state index contributed by atoms with van der Waals surface area (Å²) in [7, 11) is 0. The van der Waals surface area contributed by atoms with Crippen molar-refractivity contribution in [2.45, 2.75) is 26.3 Å². The highest BCUT2D eigenvalue weighted by molar-refractivity contribution is 6.31. The summed E-state index contributed by atoms with van der Waals surface area (Å²) < 4.78 is 1.81. The highest BCUT2D eigenvalue weighted by Crippen LogP contribution is 2.21. The Morgan fingerprint density at radius 1 is 1.42 bits per heavy atom. The van der Waals surface area contributed by atoms with E-state index in [1.165, 1.54) is 0 Å². The number of rotatable bonds is 3. The van der Waals surface area contributed by atoms with Crippen LogP contribution in [0, 0.1) is 5.92 Å². The zero-order chi connectivity index (χ0) is 14.0. The van der Waals surface area contributed by atoms with Gasteiger partial charge in [0, 0.05) is 25.8 Å². The smallest absolute Gasteiger partial charge is 0.306 e. The molecule has 2 rings (SSSR count). The molecule has 1 amide bonds. The largest absolute Gasteiger partial charge is 0.481 e. The van der Waals surface area contributed by atoms with Crippen molar-refractivity contribution in [2.75, 3.05) is 13.1 Å². The monoisotopic (exact) mass is 284 g/mol. The fourth-order valence-corrected chi connectivity index (χ4v) is 2.63. The lowest BCUT2D eigenvalue weighted by atomic mass is 9.97. The lowest BCUT2D eigenvalue weighted by Crippen LogP contribution is -2.40. The van der Waals surface area contributed by atoms with Crippen LogP contribution in [0.15, 0.2) is 12.3 Å². The normalized spacial score (nSPS) is 16.6. The number of hydrogen-bond acceptors (Lipinski definition) is 2. The molecule has 0 atom stereocenters. The van der Waals surface area contributed by atoms with Gasteiger partial charge in [0.15, 0.2) is 0 Å². The number of aliphatic carboxylic acids is 1. The number of aryl methyl sites for hydroxylation is 1. The van der Waals surface area contributed by atoms with Crippen LogP contribution in [0.5, 0.6) is 0 Å². The first kappa shape index (κ1) is 13.9. The summed E-state index contributed by atoms with van der Waals surface area (Å²) in [6.07, 6.45) is 2.77. The van der Waals surface area contributed by atoms with Crippen molar-refractivity contribution in [3.8, 4) is 0 Å². The first-order valence-electron chi connectivity index (χ1n) is 6.40. The van der Waals surface area contributed by atoms with Crippen LogP contribution < -0.4 is 0 Å². The molecule has 0 bridgehead atoms. The quantitative estimate of drug-likeness (QED) is 0.924. The van der Waals surface area contributed by atoms with E-state index in [4.69, 9.17) is 16.7 Å². The number of carboxylic acids is 1. The number of aromatic nitrogens is 1. The molecule has 0 spiro atoms. The molecule has 2 heterocycles. The molecule has 1 N–H and O–H groups in total. The van der Waals surface area contributed by atoms with E-state index in [2.05, 4.69) is 0 Å². The number of carbonyl (C=O) groups is 2. The Morgan fingerprint density at radius 3 is 2.58 bits per heavy atom. The number of amides is 1. The summed E-state index contributed by atoms with van der Waals surface area (Å²) in [4.78, 5) is 25.0. The molecule has 1 aliphatic rings. The molecule has 0 aliphatic carbocycles. The van der Waals surface area contributed by atoms with Gasteiger partial charge in [0.1, 0.15) is 5.69 Å². The van der Waals surface area contributed by atoms with Crippen LogP contribution in [0.1, 0.15) is 30.3 Å². The molecule has 0 radical (unpaired) electrons. The molecule has 5 nitrogen and oxygen atoms in total. The molecular weight excluding hydrogens is 268 g/mol. The van der Waals surface area contributed by atoms with E-state index in [0.29, 0.717) is 43.2 Å². The van der Waals surface area contributed by atoms with Crippen LogP contribution in [-0.4, -0.2) is 39.5 Å². The van der Waals surface area contributed by atoms with Gasteiger partial charge in [-0.15, -0.1) is 0 Å². The molecule has 6 heteroatoms. The molecule has 0 aromatic carbocycles. The van der Waals surface area contributed by atoms with Crippen molar-refractivity contribution in [1.29, 1.82) is 0 Å². The zero-order valence-electron chi connectivity index (χ0n) is 10.8. The van der Waals surface area contributed by atoms with Crippen LogP contribution in [0.2, 0.25) is 5.02 Å². The number of carbonyl (C=O) groups excluding carboxylic acids is 1. The van der Waals surface area contributed by atoms with E-state index in [1.807, 2.05) is 11.5 Å². The molecule has 19 heavy (non-hydrogen) atoms. The van der Waals surface area contributed by atoms with Gasteiger partial charge in [-0.2, -0.15) is 0 Å². The summed E-state index contributed by atoms with van der Waals surface area (Å²) in [5.41, 5.74) is 0.571. The maximum Gasteiger partial charge on any atom is 0.306 e. The van der Waals surface area contributed by atoms with Crippen molar-refractivity contribution in [3.05, 3.63) is 23.0 Å². The van der Waals surface area contributed by atoms with E-state index in [1.54, 1.807) is 17.2 Å². The van der Waals surface area contributed by atoms with Crippen LogP contribution in [0.4, 0.5) is 0 Å². The first-order valence-corrected chi connectivity index (χ1v) is 6.78. The van der Waals surface area contributed by atoms with Crippen LogP contribution in [-0.2, 0) is 11.3 Å². The maximum atomic E-state index is 12.4. The number of halogens is 1. The van der Waals surface area contributed by atoms with Gasteiger partial charge in [-0.25, -0.2) is 0 Å². The molecule has 1 aromatic heterocycles. The van der Waals surface area contributed by atoms with Gasteiger partial charge < -0.3 is 14.6 Å². The summed E-state index contributed by atoms with van der Waals surface area (Å²) in [5.74, 6) is -1.17. The Morgan fingerprint density at radius 2 is 2.05 bits per heavy atom. The van der Waals surface area contributed by atoms with E-state index in [0.717, 1.165) is 0 Å². The second kappa shape index (κ2) is 5.65. The van der Waals surface area contributed by atoms with E-state index < -0.39 is 5.97 Å². The Kier molecular flexibility index (Phi) is 4.14. The summed E-state index contributed by atoms with van der Waals surface area (Å²) in [6.45, 7) is 3.60. The third-order valence-electron chi connectivity index (χ3n) is 3.55. The fraction of sp³-hybridized carbons (Fsp3) is 0.538. The Labute approximate surface area is 116 Å². The molecule has 0 unspecified atom stereocenters. The van der Waals surface area contributed by atoms with Crippen molar-refractivity contribution in [2.24, 2.45) is 5.92 Å². The average molecular weight is 285 g/mol. The molecule has 104 valence electrons. The molecule has 1 fully saturated rings. The van der Waals surface area contributed by atoms with Gasteiger partial charge in [0.05, 0.1) is 10.9 Å². The van der Waals surface area contributed by atoms with E-state index in [-0.39, 0.29) is 11.8 Å². The van der Waals surface area contributed by atoms with Crippen molar-refractivity contribution >= 4 is 23.5 Å². The third kappa shape index (κ3) is 2.92. The van der Waals surface area contributed by atoms with Gasteiger partial charge in [0.2, 0.25) is 0 Å². The standard InChI is InChI=1S/C13H17ClN2O3/c1-2-15-8-10(14)7-11(15)12(17)16-5-3-9(4-6-16)13(18)19/h7-9H,2-6H2,1H3,(H,18,19). The summed E-state index contributed by atoms with van der Waals surface area (Å²) >= 11 is 5.92. The van der Waals surface area contributed by atoms with Gasteiger partial charge in [-0.05, 0) is 25.8 Å². The summed E-state index contributed by atoms with van der Waals surface area (Å²) in [5, 5.41) is 9.49. The lowest BCUT2D eigenvalue weighted by molar-refractivity contribution is -0.143. The minimum absolute atomic E-state index is 0.0717. The molecule has 1 saturated heterocycles. The number of hydrogen-bond donors (Lipinski definition) is 1. The van der Waals surface area contributed by atoms with Crippen LogP contribution in [0.25, 0.3) is 0 Å². The lowest BCUT2D eigenvalue weighted by Gasteiger charge is -2.30. The summed E-state index contributed by atoms with van der Waals surface area (Å²) in [6, 6.07) is 1.66. The second-order valence-corrected chi connectivity index (χ2v) is 5.17. The molecular formula is C13H17ClN2O3. The fourth-order valence-electron chi connectivity index (χ4n) is 2.41. The van der Waals surface area contributed by atoms with E-state index in [9.17, 15) is 9.59 Å². The Hall–Kier alpha value is -1.49. The number of piperidine rings is 1. The number of nitrogens with zero attached hydrogens (tertiary/aromatic N) is 2. The number of carboxylic acid groups (broad SMARTS) is 1. The predicted molar refractivity (Wildman–Crippen MR) is 71.4 cm³/mol. The van der Waals surface area contributed by atoms with Crippen molar-refractivity contribution in [1.82, 2.24) is 9.47 Å². The zero-order valence-corrected chi connectivity index (χ0v) is 11.6. The van der Waals surface area contributed by atoms with Crippen LogP contribution >= 0.6 is 11.6 Å². The Bertz CT molecular complexity index is 490. The maximum absolute atomic E-state index is 12.4. The topological polar surface area (TPSA) is 62.5 Å². The predicted octanol–water partition coefficient (Wildman–Crippen LogP) is 2.10. The van der Waals surface area contributed by atoms with Crippen molar-refractivity contribution in [3.63, 3.8) is 0 Å². The first-order chi connectivity index (χ1) is 9.02. The minimum atomic E-state index is -0.771. The van der Waals surface area contributed by atoms with Crippen molar-refractivity contribution < 1.29 is 14.7 Å². The van der Waals surface area contributed by atoms with Gasteiger partial charge >= 0.3 is 5.97 Å². The van der Waals surface area contributed by atoms with Gasteiger partial charge in [-0.3, -0.25) is 9.59 Å². The molecule has 0 saturated carbocycles. The highest BCUT2D eigenvalue weighted by Gasteiger charge is 2.28. The third-order valence-corrected chi connectivity index (χ3v) is 3.76. The Balaban J connectivity index is 2.07. The minimum Gasteiger partial charge on any atom is -0.481 e. The molecule has 1 aliphatic heterocycles. The van der Waals surface area contributed by atoms with Crippen LogP contribution in [0.3, 0.4) is 0 Å². The van der Waals surface area contributed by atoms with Gasteiger partial charge in [0.25, 0.3) is 5.91 Å². The van der Waals surface area contributed by atoms with E-state index >= 15 is 0 Å². The molecule has 1 aromatic rings. The average Bonchev–Trinajstić information content (AvgIpc) is 2.79. The van der Waals surface area contributed by atoms with Gasteiger partial charge in [-0.1, -0.05) is 11.6 Å². The number of likely N-dealkylation sites (tertiary alicyclic amines) is 1. The second-order valence-electron chi connectivity index (χ2n) is 4.73. The SMILES string of the molecule is CCn1cc(Cl)cc1C(=O)N1CCC(C(=O)O)CC1. The highest BCUT2D eigenvalue weighted by atomic mass is 35.5.